The minimum atomic E-state index is 0.443. The molecule has 122 valence electrons. The van der Waals surface area contributed by atoms with E-state index >= 15 is 0 Å². The van der Waals surface area contributed by atoms with E-state index in [1.807, 2.05) is 36.6 Å². The van der Waals surface area contributed by atoms with E-state index in [0.29, 0.717) is 48.5 Å². The minimum absolute atomic E-state index is 0.443. The number of thioether (sulfide) groups is 1. The van der Waals surface area contributed by atoms with Gasteiger partial charge in [0, 0.05) is 18.7 Å². The third kappa shape index (κ3) is 3.75. The highest BCUT2D eigenvalue weighted by molar-refractivity contribution is 7.98. The van der Waals surface area contributed by atoms with Crippen LogP contribution in [0.5, 0.6) is 0 Å². The third-order valence-electron chi connectivity index (χ3n) is 3.62. The largest absolute Gasteiger partial charge is 0.378 e. The number of carbonyl (C=O) groups is 1. The molecule has 3 rings (SSSR count). The summed E-state index contributed by atoms with van der Waals surface area (Å²) in [5.74, 6) is 6.74. The van der Waals surface area contributed by atoms with Crippen LogP contribution in [-0.4, -0.2) is 48.8 Å². The lowest BCUT2D eigenvalue weighted by atomic mass is 10.2. The lowest BCUT2D eigenvalue weighted by Gasteiger charge is -2.29. The van der Waals surface area contributed by atoms with Crippen molar-refractivity contribution in [1.29, 1.82) is 0 Å². The van der Waals surface area contributed by atoms with Gasteiger partial charge in [0.25, 0.3) is 0 Å². The fourth-order valence-corrected chi connectivity index (χ4v) is 2.76. The number of morpholine rings is 1. The summed E-state index contributed by atoms with van der Waals surface area (Å²) >= 11 is 1.44. The van der Waals surface area contributed by atoms with Crippen molar-refractivity contribution in [3.05, 3.63) is 47.2 Å². The summed E-state index contributed by atoms with van der Waals surface area (Å²) in [6.45, 7) is 2.66. The molecule has 24 heavy (non-hydrogen) atoms. The zero-order valence-electron chi connectivity index (χ0n) is 13.4. The van der Waals surface area contributed by atoms with Gasteiger partial charge < -0.3 is 9.64 Å². The first-order valence-electron chi connectivity index (χ1n) is 7.63. The molecule has 0 aliphatic carbocycles. The summed E-state index contributed by atoms with van der Waals surface area (Å²) < 4.78 is 5.38. The van der Waals surface area contributed by atoms with Crippen molar-refractivity contribution < 1.29 is 9.53 Å². The first kappa shape index (κ1) is 16.5. The van der Waals surface area contributed by atoms with E-state index in [0.717, 1.165) is 11.8 Å². The number of aromatic nitrogens is 2. The summed E-state index contributed by atoms with van der Waals surface area (Å²) in [6, 6.07) is 9.64. The maximum atomic E-state index is 11.7. The zero-order valence-corrected chi connectivity index (χ0v) is 14.2. The van der Waals surface area contributed by atoms with E-state index in [-0.39, 0.29) is 0 Å². The Hall–Kier alpha value is -2.36. The number of ether oxygens (including phenoxy) is 1. The zero-order chi connectivity index (χ0) is 16.8. The molecule has 0 spiro atoms. The molecule has 0 N–H and O–H groups in total. The predicted octanol–water partition coefficient (Wildman–Crippen LogP) is 2.25. The van der Waals surface area contributed by atoms with E-state index in [9.17, 15) is 4.79 Å². The lowest BCUT2D eigenvalue weighted by molar-refractivity contribution is 0.111. The Morgan fingerprint density at radius 1 is 1.17 bits per heavy atom. The smallest absolute Gasteiger partial charge is 0.190 e. The standard InChI is InChI=1S/C18H17N3O2S/c1-24-18-19-16(8-7-14-5-3-2-4-6-14)15(13-22)17(20-18)21-9-11-23-12-10-21/h2-6,13H,9-12H2,1H3. The number of hydrogen-bond acceptors (Lipinski definition) is 6. The average Bonchev–Trinajstić information content (AvgIpc) is 2.67. The van der Waals surface area contributed by atoms with Crippen LogP contribution in [0.25, 0.3) is 0 Å². The molecule has 0 saturated carbocycles. The highest BCUT2D eigenvalue weighted by atomic mass is 32.2. The highest BCUT2D eigenvalue weighted by Gasteiger charge is 2.20. The molecule has 0 atom stereocenters. The van der Waals surface area contributed by atoms with Crippen LogP contribution in [-0.2, 0) is 4.74 Å². The molecular weight excluding hydrogens is 322 g/mol. The van der Waals surface area contributed by atoms with Gasteiger partial charge in [-0.05, 0) is 24.3 Å². The molecule has 2 aromatic rings. The van der Waals surface area contributed by atoms with Crippen molar-refractivity contribution in [2.75, 3.05) is 37.5 Å². The molecule has 6 heteroatoms. The Kier molecular flexibility index (Phi) is 5.47. The summed E-state index contributed by atoms with van der Waals surface area (Å²) in [4.78, 5) is 22.7. The highest BCUT2D eigenvalue weighted by Crippen LogP contribution is 2.23. The molecule has 1 fully saturated rings. The van der Waals surface area contributed by atoms with Crippen LogP contribution in [0.3, 0.4) is 0 Å². The Bertz CT molecular complexity index is 778. The molecule has 5 nitrogen and oxygen atoms in total. The Morgan fingerprint density at radius 2 is 1.92 bits per heavy atom. The van der Waals surface area contributed by atoms with Crippen molar-refractivity contribution >= 4 is 23.9 Å². The van der Waals surface area contributed by atoms with Crippen LogP contribution >= 0.6 is 11.8 Å². The molecule has 0 radical (unpaired) electrons. The summed E-state index contributed by atoms with van der Waals surface area (Å²) in [6.07, 6.45) is 2.71. The van der Waals surface area contributed by atoms with E-state index in [1.54, 1.807) is 0 Å². The van der Waals surface area contributed by atoms with Crippen molar-refractivity contribution in [2.45, 2.75) is 5.16 Å². The van der Waals surface area contributed by atoms with Gasteiger partial charge in [0.1, 0.15) is 11.5 Å². The quantitative estimate of drug-likeness (QED) is 0.370. The molecule has 0 bridgehead atoms. The number of rotatable bonds is 3. The van der Waals surface area contributed by atoms with Gasteiger partial charge in [0.05, 0.1) is 18.8 Å². The second kappa shape index (κ2) is 7.95. The second-order valence-electron chi connectivity index (χ2n) is 5.13. The van der Waals surface area contributed by atoms with Crippen LogP contribution < -0.4 is 4.90 Å². The number of aldehydes is 1. The molecule has 1 aromatic heterocycles. The monoisotopic (exact) mass is 339 g/mol. The van der Waals surface area contributed by atoms with Crippen LogP contribution in [0.1, 0.15) is 21.6 Å². The second-order valence-corrected chi connectivity index (χ2v) is 5.90. The summed E-state index contributed by atoms with van der Waals surface area (Å²) in [5.41, 5.74) is 1.79. The Balaban J connectivity index is 2.04. The van der Waals surface area contributed by atoms with Gasteiger partial charge >= 0.3 is 0 Å². The van der Waals surface area contributed by atoms with Gasteiger partial charge in [-0.15, -0.1) is 0 Å². The molecule has 1 aromatic carbocycles. The fraction of sp³-hybridized carbons (Fsp3) is 0.278. The van der Waals surface area contributed by atoms with Crippen LogP contribution in [0, 0.1) is 11.8 Å². The number of benzene rings is 1. The van der Waals surface area contributed by atoms with Crippen molar-refractivity contribution in [2.24, 2.45) is 0 Å². The SMILES string of the molecule is CSc1nc(C#Cc2ccccc2)c(C=O)c(N2CCOCC2)n1. The molecule has 1 aliphatic heterocycles. The summed E-state index contributed by atoms with van der Waals surface area (Å²) in [7, 11) is 0. The minimum Gasteiger partial charge on any atom is -0.378 e. The first-order chi connectivity index (χ1) is 11.8. The molecule has 1 saturated heterocycles. The Labute approximate surface area is 145 Å². The van der Waals surface area contributed by atoms with E-state index in [2.05, 4.69) is 26.7 Å². The van der Waals surface area contributed by atoms with Crippen LogP contribution in [0.15, 0.2) is 35.5 Å². The normalized spacial score (nSPS) is 14.0. The summed E-state index contributed by atoms with van der Waals surface area (Å²) in [5, 5.41) is 0.611. The Morgan fingerprint density at radius 3 is 2.58 bits per heavy atom. The molecular formula is C18H17N3O2S. The number of hydrogen-bond donors (Lipinski definition) is 0. The van der Waals surface area contributed by atoms with Gasteiger partial charge in [-0.3, -0.25) is 4.79 Å². The van der Waals surface area contributed by atoms with Gasteiger partial charge in [-0.2, -0.15) is 0 Å². The van der Waals surface area contributed by atoms with Crippen molar-refractivity contribution in [1.82, 2.24) is 9.97 Å². The topological polar surface area (TPSA) is 55.3 Å². The van der Waals surface area contributed by atoms with Gasteiger partial charge in [-0.25, -0.2) is 9.97 Å². The van der Waals surface area contributed by atoms with Crippen molar-refractivity contribution in [3.63, 3.8) is 0 Å². The fourth-order valence-electron chi connectivity index (χ4n) is 2.40. The predicted molar refractivity (Wildman–Crippen MR) is 94.7 cm³/mol. The molecule has 0 amide bonds. The van der Waals surface area contributed by atoms with Gasteiger partial charge in [0.2, 0.25) is 0 Å². The maximum Gasteiger partial charge on any atom is 0.190 e. The lowest BCUT2D eigenvalue weighted by Crippen LogP contribution is -2.37. The van der Waals surface area contributed by atoms with Gasteiger partial charge in [-0.1, -0.05) is 35.9 Å². The van der Waals surface area contributed by atoms with E-state index < -0.39 is 0 Å². The first-order valence-corrected chi connectivity index (χ1v) is 8.85. The van der Waals surface area contributed by atoms with Crippen molar-refractivity contribution in [3.8, 4) is 11.8 Å². The molecule has 1 aliphatic rings. The van der Waals surface area contributed by atoms with Crippen LogP contribution in [0.2, 0.25) is 0 Å². The van der Waals surface area contributed by atoms with E-state index in [4.69, 9.17) is 4.74 Å². The molecule has 2 heterocycles. The molecule has 0 unspecified atom stereocenters. The number of anilines is 1. The average molecular weight is 339 g/mol. The maximum absolute atomic E-state index is 11.7. The van der Waals surface area contributed by atoms with Crippen LogP contribution in [0.4, 0.5) is 5.82 Å². The number of carbonyl (C=O) groups excluding carboxylic acids is 1. The number of nitrogens with zero attached hydrogens (tertiary/aromatic N) is 3. The van der Waals surface area contributed by atoms with E-state index in [1.165, 1.54) is 11.8 Å². The van der Waals surface area contributed by atoms with Gasteiger partial charge in [0.15, 0.2) is 11.4 Å². The third-order valence-corrected chi connectivity index (χ3v) is 4.16.